The van der Waals surface area contributed by atoms with Crippen LogP contribution >= 0.6 is 0 Å². The van der Waals surface area contributed by atoms with E-state index < -0.39 is 17.8 Å². The summed E-state index contributed by atoms with van der Waals surface area (Å²) in [5.41, 5.74) is 7.12. The third-order valence-corrected chi connectivity index (χ3v) is 6.86. The lowest BCUT2D eigenvalue weighted by Gasteiger charge is -2.26. The predicted octanol–water partition coefficient (Wildman–Crippen LogP) is 5.22. The second-order valence-electron chi connectivity index (χ2n) is 9.08. The number of nitrogens with zero attached hydrogens (tertiary/aromatic N) is 3. The normalized spacial score (nSPS) is 15.0. The Bertz CT molecular complexity index is 1380. The van der Waals surface area contributed by atoms with Crippen LogP contribution in [0.3, 0.4) is 0 Å². The van der Waals surface area contributed by atoms with Crippen LogP contribution < -0.4 is 15.1 Å². The Kier molecular flexibility index (Phi) is 6.84. The number of imide groups is 2. The molecule has 7 heteroatoms. The first-order valence-electron chi connectivity index (χ1n) is 12.2. The molecule has 0 atom stereocenters. The first-order chi connectivity index (χ1) is 17.2. The Balaban J connectivity index is 1.71. The number of hydrogen-bond acceptors (Lipinski definition) is 4. The lowest BCUT2D eigenvalue weighted by molar-refractivity contribution is -0.122. The molecule has 0 spiro atoms. The number of benzene rings is 2. The van der Waals surface area contributed by atoms with Gasteiger partial charge in [-0.1, -0.05) is 6.07 Å². The molecule has 1 aliphatic rings. The van der Waals surface area contributed by atoms with Crippen LogP contribution in [0.2, 0.25) is 0 Å². The van der Waals surface area contributed by atoms with Crippen molar-refractivity contribution in [3.63, 3.8) is 0 Å². The van der Waals surface area contributed by atoms with E-state index in [0.29, 0.717) is 5.69 Å². The zero-order valence-electron chi connectivity index (χ0n) is 21.7. The van der Waals surface area contributed by atoms with Gasteiger partial charge in [-0.25, -0.2) is 9.69 Å². The molecule has 1 fully saturated rings. The molecule has 2 aromatic carbocycles. The first kappa shape index (κ1) is 25.0. The molecule has 36 heavy (non-hydrogen) atoms. The number of aromatic nitrogens is 1. The van der Waals surface area contributed by atoms with Gasteiger partial charge < -0.3 is 9.47 Å². The largest absolute Gasteiger partial charge is 0.372 e. The number of carbonyl (C=O) groups excluding carboxylic acids is 3. The molecule has 0 bridgehead atoms. The monoisotopic (exact) mass is 484 g/mol. The molecule has 2 heterocycles. The van der Waals surface area contributed by atoms with Gasteiger partial charge in [0.05, 0.1) is 5.69 Å². The summed E-state index contributed by atoms with van der Waals surface area (Å²) in [6, 6.07) is 14.9. The van der Waals surface area contributed by atoms with Crippen LogP contribution in [0, 0.1) is 27.7 Å². The highest BCUT2D eigenvalue weighted by Gasteiger charge is 2.37. The summed E-state index contributed by atoms with van der Waals surface area (Å²) >= 11 is 0. The third-order valence-electron chi connectivity index (χ3n) is 6.86. The molecule has 1 aromatic heterocycles. The molecule has 1 aliphatic heterocycles. The summed E-state index contributed by atoms with van der Waals surface area (Å²) in [7, 11) is 0. The fraction of sp³-hybridized carbons (Fsp3) is 0.276. The van der Waals surface area contributed by atoms with Crippen LogP contribution in [0.5, 0.6) is 0 Å². The highest BCUT2D eigenvalue weighted by atomic mass is 16.2. The molecule has 186 valence electrons. The molecule has 1 N–H and O–H groups in total. The average molecular weight is 485 g/mol. The van der Waals surface area contributed by atoms with E-state index in [1.807, 2.05) is 39.8 Å². The van der Waals surface area contributed by atoms with Gasteiger partial charge in [0.2, 0.25) is 0 Å². The molecular weight excluding hydrogens is 452 g/mol. The van der Waals surface area contributed by atoms with Crippen LogP contribution in [0.25, 0.3) is 11.8 Å². The Morgan fingerprint density at radius 2 is 1.47 bits per heavy atom. The zero-order valence-corrected chi connectivity index (χ0v) is 21.7. The van der Waals surface area contributed by atoms with Crippen LogP contribution in [0.4, 0.5) is 16.2 Å². The minimum Gasteiger partial charge on any atom is -0.372 e. The van der Waals surface area contributed by atoms with Crippen molar-refractivity contribution in [2.45, 2.75) is 41.5 Å². The minimum absolute atomic E-state index is 0.0787. The fourth-order valence-electron chi connectivity index (χ4n) is 4.64. The van der Waals surface area contributed by atoms with E-state index in [0.717, 1.165) is 57.4 Å². The number of aryl methyl sites for hydroxylation is 3. The Morgan fingerprint density at radius 1 is 0.833 bits per heavy atom. The average Bonchev–Trinajstić information content (AvgIpc) is 3.12. The SMILES string of the molecule is CCN(CC)c1ccc(-n2c(C)cc(/C=C3\C(=O)NC(=O)N(c4ccc(C)c(C)c4)C3=O)c2C)cc1. The maximum absolute atomic E-state index is 13.3. The maximum atomic E-state index is 13.3. The Hall–Kier alpha value is -4.13. The zero-order chi connectivity index (χ0) is 26.1. The van der Waals surface area contributed by atoms with Gasteiger partial charge in [0, 0.05) is 35.9 Å². The molecule has 3 aromatic rings. The third kappa shape index (κ3) is 4.44. The number of hydrogen-bond donors (Lipinski definition) is 1. The van der Waals surface area contributed by atoms with Gasteiger partial charge in [0.25, 0.3) is 11.8 Å². The molecule has 1 saturated heterocycles. The Labute approximate surface area is 212 Å². The number of amides is 4. The summed E-state index contributed by atoms with van der Waals surface area (Å²) < 4.78 is 2.09. The number of anilines is 2. The van der Waals surface area contributed by atoms with Gasteiger partial charge >= 0.3 is 6.03 Å². The second kappa shape index (κ2) is 9.85. The van der Waals surface area contributed by atoms with Crippen molar-refractivity contribution in [2.24, 2.45) is 0 Å². The van der Waals surface area contributed by atoms with Crippen LogP contribution in [0.1, 0.15) is 41.9 Å². The molecule has 4 rings (SSSR count). The van der Waals surface area contributed by atoms with E-state index >= 15 is 0 Å². The van der Waals surface area contributed by atoms with E-state index in [2.05, 4.69) is 52.9 Å². The Morgan fingerprint density at radius 3 is 2.08 bits per heavy atom. The van der Waals surface area contributed by atoms with Crippen molar-refractivity contribution in [1.29, 1.82) is 0 Å². The summed E-state index contributed by atoms with van der Waals surface area (Å²) in [5, 5.41) is 2.31. The van der Waals surface area contributed by atoms with Crippen molar-refractivity contribution in [2.75, 3.05) is 22.9 Å². The van der Waals surface area contributed by atoms with Gasteiger partial charge in [0.15, 0.2) is 0 Å². The topological polar surface area (TPSA) is 74.7 Å². The predicted molar refractivity (Wildman–Crippen MR) is 144 cm³/mol. The van der Waals surface area contributed by atoms with Crippen LogP contribution in [-0.2, 0) is 9.59 Å². The van der Waals surface area contributed by atoms with E-state index in [4.69, 9.17) is 0 Å². The van der Waals surface area contributed by atoms with Gasteiger partial charge in [-0.05, 0) is 107 Å². The summed E-state index contributed by atoms with van der Waals surface area (Å²) in [6.07, 6.45) is 1.57. The molecular formula is C29H32N4O3. The van der Waals surface area contributed by atoms with Gasteiger partial charge in [-0.15, -0.1) is 0 Å². The molecule has 0 radical (unpaired) electrons. The number of barbiturate groups is 1. The molecule has 7 nitrogen and oxygen atoms in total. The van der Waals surface area contributed by atoms with Crippen molar-refractivity contribution in [3.8, 4) is 5.69 Å². The van der Waals surface area contributed by atoms with E-state index in [1.165, 1.54) is 0 Å². The highest BCUT2D eigenvalue weighted by Crippen LogP contribution is 2.28. The van der Waals surface area contributed by atoms with Crippen molar-refractivity contribution in [1.82, 2.24) is 9.88 Å². The molecule has 0 saturated carbocycles. The van der Waals surface area contributed by atoms with Gasteiger partial charge in [-0.3, -0.25) is 14.9 Å². The molecule has 4 amide bonds. The smallest absolute Gasteiger partial charge is 0.335 e. The first-order valence-corrected chi connectivity index (χ1v) is 12.2. The van der Waals surface area contributed by atoms with Crippen molar-refractivity contribution >= 4 is 35.3 Å². The highest BCUT2D eigenvalue weighted by molar-refractivity contribution is 6.39. The lowest BCUT2D eigenvalue weighted by Crippen LogP contribution is -2.54. The fourth-order valence-corrected chi connectivity index (χ4v) is 4.64. The minimum atomic E-state index is -0.746. The second-order valence-corrected chi connectivity index (χ2v) is 9.08. The number of nitrogens with one attached hydrogen (secondary N) is 1. The van der Waals surface area contributed by atoms with Crippen molar-refractivity contribution in [3.05, 3.63) is 82.2 Å². The number of rotatable bonds is 6. The molecule has 0 unspecified atom stereocenters. The van der Waals surface area contributed by atoms with E-state index in [1.54, 1.807) is 18.2 Å². The number of carbonyl (C=O) groups is 3. The quantitative estimate of drug-likeness (QED) is 0.384. The summed E-state index contributed by atoms with van der Waals surface area (Å²) in [5.74, 6) is -1.33. The van der Waals surface area contributed by atoms with Crippen molar-refractivity contribution < 1.29 is 14.4 Å². The van der Waals surface area contributed by atoms with Crippen LogP contribution in [-0.4, -0.2) is 35.5 Å². The summed E-state index contributed by atoms with van der Waals surface area (Å²) in [6.45, 7) is 14.0. The number of urea groups is 1. The lowest BCUT2D eigenvalue weighted by atomic mass is 10.1. The van der Waals surface area contributed by atoms with Gasteiger partial charge in [0.1, 0.15) is 5.57 Å². The van der Waals surface area contributed by atoms with Gasteiger partial charge in [-0.2, -0.15) is 0 Å². The molecule has 0 aliphatic carbocycles. The maximum Gasteiger partial charge on any atom is 0.335 e. The van der Waals surface area contributed by atoms with E-state index in [9.17, 15) is 14.4 Å². The summed E-state index contributed by atoms with van der Waals surface area (Å²) in [4.78, 5) is 41.9. The standard InChI is InChI=1S/C29H32N4O3/c1-7-31(8-2)23-11-13-24(14-12-23)32-20(5)16-22(21(32)6)17-26-27(34)30-29(36)33(28(26)35)25-10-9-18(3)19(4)15-25/h9-17H,7-8H2,1-6H3,(H,30,34,36)/b26-17+. The van der Waals surface area contributed by atoms with E-state index in [-0.39, 0.29) is 5.57 Å². The van der Waals surface area contributed by atoms with Crippen LogP contribution in [0.15, 0.2) is 54.1 Å².